The van der Waals surface area contributed by atoms with Crippen LogP contribution in [0.3, 0.4) is 0 Å². The number of hydrogen-bond acceptors (Lipinski definition) is 3. The number of hydrogen-bond donors (Lipinski definition) is 0. The van der Waals surface area contributed by atoms with E-state index in [1.165, 1.54) is 23.8 Å². The average Bonchev–Trinajstić information content (AvgIpc) is 2.72. The molecule has 2 aromatic rings. The van der Waals surface area contributed by atoms with Gasteiger partial charge in [0.2, 0.25) is 0 Å². The zero-order valence-corrected chi connectivity index (χ0v) is 17.2. The molecule has 0 spiro atoms. The molecular weight excluding hydrogens is 348 g/mol. The number of benzene rings is 2. The molecule has 2 aromatic carbocycles. The van der Waals surface area contributed by atoms with Crippen LogP contribution in [0.1, 0.15) is 56.2 Å². The van der Waals surface area contributed by atoms with Crippen molar-refractivity contribution in [3.8, 4) is 5.75 Å². The van der Waals surface area contributed by atoms with Crippen LogP contribution in [0.4, 0.5) is 0 Å². The van der Waals surface area contributed by atoms with Crippen molar-refractivity contribution < 1.29 is 14.3 Å². The fraction of sp³-hybridized carbons (Fsp3) is 0.480. The van der Waals surface area contributed by atoms with Crippen LogP contribution in [0, 0.1) is 11.3 Å². The average molecular weight is 379 g/mol. The fourth-order valence-electron chi connectivity index (χ4n) is 5.75. The second kappa shape index (κ2) is 7.27. The number of aryl methyl sites for hydroxylation is 1. The molecule has 4 rings (SSSR count). The SMILES string of the molecule is COC(=O)[C@@]1(C)CCC[C@]2(C)c3cc(OCc4ccccc4)ccc3CC[C@@H]12. The Hall–Kier alpha value is -2.29. The van der Waals surface area contributed by atoms with Gasteiger partial charge < -0.3 is 9.47 Å². The number of esters is 1. The zero-order valence-electron chi connectivity index (χ0n) is 17.2. The van der Waals surface area contributed by atoms with E-state index in [2.05, 4.69) is 44.2 Å². The van der Waals surface area contributed by atoms with Crippen molar-refractivity contribution in [3.63, 3.8) is 0 Å². The molecule has 28 heavy (non-hydrogen) atoms. The summed E-state index contributed by atoms with van der Waals surface area (Å²) in [6, 6.07) is 16.8. The summed E-state index contributed by atoms with van der Waals surface area (Å²) in [5, 5.41) is 0. The molecule has 2 aliphatic rings. The van der Waals surface area contributed by atoms with Gasteiger partial charge in [-0.25, -0.2) is 0 Å². The minimum atomic E-state index is -0.402. The van der Waals surface area contributed by atoms with E-state index >= 15 is 0 Å². The summed E-state index contributed by atoms with van der Waals surface area (Å²) in [6.07, 6.45) is 5.13. The van der Waals surface area contributed by atoms with Gasteiger partial charge in [0.15, 0.2) is 0 Å². The molecule has 3 heteroatoms. The Morgan fingerprint density at radius 1 is 1.11 bits per heavy atom. The first-order valence-electron chi connectivity index (χ1n) is 10.4. The highest BCUT2D eigenvalue weighted by atomic mass is 16.5. The van der Waals surface area contributed by atoms with E-state index in [-0.39, 0.29) is 11.4 Å². The normalized spacial score (nSPS) is 28.8. The van der Waals surface area contributed by atoms with Gasteiger partial charge >= 0.3 is 5.97 Å². The molecule has 148 valence electrons. The quantitative estimate of drug-likeness (QED) is 0.664. The van der Waals surface area contributed by atoms with Crippen LogP contribution in [0.25, 0.3) is 0 Å². The van der Waals surface area contributed by atoms with Crippen LogP contribution >= 0.6 is 0 Å². The highest BCUT2D eigenvalue weighted by molar-refractivity contribution is 5.77. The summed E-state index contributed by atoms with van der Waals surface area (Å²) in [4.78, 5) is 12.7. The summed E-state index contributed by atoms with van der Waals surface area (Å²) in [6.45, 7) is 5.03. The second-order valence-electron chi connectivity index (χ2n) is 8.86. The number of fused-ring (bicyclic) bond motifs is 3. The summed E-state index contributed by atoms with van der Waals surface area (Å²) < 4.78 is 11.3. The van der Waals surface area contributed by atoms with E-state index in [1.807, 2.05) is 18.2 Å². The Morgan fingerprint density at radius 2 is 1.89 bits per heavy atom. The highest BCUT2D eigenvalue weighted by Crippen LogP contribution is 2.57. The molecular formula is C25H30O3. The lowest BCUT2D eigenvalue weighted by Gasteiger charge is -2.54. The fourth-order valence-corrected chi connectivity index (χ4v) is 5.75. The van der Waals surface area contributed by atoms with E-state index in [1.54, 1.807) is 0 Å². The van der Waals surface area contributed by atoms with Crippen molar-refractivity contribution in [1.82, 2.24) is 0 Å². The molecule has 2 aliphatic carbocycles. The second-order valence-corrected chi connectivity index (χ2v) is 8.86. The summed E-state index contributed by atoms with van der Waals surface area (Å²) in [7, 11) is 1.52. The zero-order chi connectivity index (χ0) is 19.8. The van der Waals surface area contributed by atoms with Crippen LogP contribution < -0.4 is 4.74 Å². The minimum absolute atomic E-state index is 0.0130. The first-order valence-corrected chi connectivity index (χ1v) is 10.4. The van der Waals surface area contributed by atoms with Crippen LogP contribution in [-0.2, 0) is 28.0 Å². The molecule has 0 bridgehead atoms. The molecule has 0 N–H and O–H groups in total. The Labute approximate surface area is 168 Å². The Morgan fingerprint density at radius 3 is 2.64 bits per heavy atom. The van der Waals surface area contributed by atoms with E-state index in [0.29, 0.717) is 12.5 Å². The van der Waals surface area contributed by atoms with Gasteiger partial charge in [-0.15, -0.1) is 0 Å². The van der Waals surface area contributed by atoms with Gasteiger partial charge in [0.25, 0.3) is 0 Å². The smallest absolute Gasteiger partial charge is 0.311 e. The monoisotopic (exact) mass is 378 g/mol. The standard InChI is InChI=1S/C25H30O3/c1-24-14-7-15-25(2,23(26)27-3)22(24)13-11-19-10-12-20(16-21(19)24)28-17-18-8-5-4-6-9-18/h4-6,8-10,12,16,22H,7,11,13-15,17H2,1-3H3/t22-,24-,25+/m1/s1. The largest absolute Gasteiger partial charge is 0.489 e. The maximum atomic E-state index is 12.7. The predicted octanol–water partition coefficient (Wildman–Crippen LogP) is 5.45. The van der Waals surface area contributed by atoms with Crippen molar-refractivity contribution in [2.45, 2.75) is 58.0 Å². The Balaban J connectivity index is 1.64. The van der Waals surface area contributed by atoms with Crippen molar-refractivity contribution in [2.75, 3.05) is 7.11 Å². The minimum Gasteiger partial charge on any atom is -0.489 e. The number of methoxy groups -OCH3 is 1. The summed E-state index contributed by atoms with van der Waals surface area (Å²) >= 11 is 0. The third-order valence-electron chi connectivity index (χ3n) is 7.23. The van der Waals surface area contributed by atoms with Gasteiger partial charge in [0.1, 0.15) is 12.4 Å². The molecule has 1 saturated carbocycles. The molecule has 0 unspecified atom stereocenters. The highest BCUT2D eigenvalue weighted by Gasteiger charge is 2.55. The Bertz CT molecular complexity index is 859. The van der Waals surface area contributed by atoms with Gasteiger partial charge in [-0.3, -0.25) is 4.79 Å². The lowest BCUT2D eigenvalue weighted by atomic mass is 9.50. The third-order valence-corrected chi connectivity index (χ3v) is 7.23. The molecule has 0 amide bonds. The third kappa shape index (κ3) is 3.11. The molecule has 0 aliphatic heterocycles. The van der Waals surface area contributed by atoms with Crippen molar-refractivity contribution in [2.24, 2.45) is 11.3 Å². The summed E-state index contributed by atoms with van der Waals surface area (Å²) in [5.41, 5.74) is 3.52. The molecule has 0 heterocycles. The number of carbonyl (C=O) groups excluding carboxylic acids is 1. The van der Waals surface area contributed by atoms with Crippen LogP contribution in [0.2, 0.25) is 0 Å². The van der Waals surface area contributed by atoms with Gasteiger partial charge in [-0.1, -0.05) is 49.7 Å². The first-order chi connectivity index (χ1) is 13.5. The Kier molecular flexibility index (Phi) is 4.95. The topological polar surface area (TPSA) is 35.5 Å². The van der Waals surface area contributed by atoms with Gasteiger partial charge in [0, 0.05) is 0 Å². The van der Waals surface area contributed by atoms with E-state index in [0.717, 1.165) is 37.9 Å². The van der Waals surface area contributed by atoms with Crippen LogP contribution in [0.15, 0.2) is 48.5 Å². The summed E-state index contributed by atoms with van der Waals surface area (Å²) in [5.74, 6) is 1.16. The van der Waals surface area contributed by atoms with Gasteiger partial charge in [0.05, 0.1) is 12.5 Å². The van der Waals surface area contributed by atoms with Crippen LogP contribution in [0.5, 0.6) is 5.75 Å². The molecule has 1 fully saturated rings. The van der Waals surface area contributed by atoms with Crippen molar-refractivity contribution in [3.05, 3.63) is 65.2 Å². The lowest BCUT2D eigenvalue weighted by Crippen LogP contribution is -2.52. The van der Waals surface area contributed by atoms with Gasteiger partial charge in [-0.05, 0) is 72.8 Å². The van der Waals surface area contributed by atoms with Gasteiger partial charge in [-0.2, -0.15) is 0 Å². The van der Waals surface area contributed by atoms with E-state index < -0.39 is 5.41 Å². The predicted molar refractivity (Wildman–Crippen MR) is 110 cm³/mol. The molecule has 3 nitrogen and oxygen atoms in total. The van der Waals surface area contributed by atoms with Crippen molar-refractivity contribution >= 4 is 5.97 Å². The van der Waals surface area contributed by atoms with Crippen molar-refractivity contribution in [1.29, 1.82) is 0 Å². The van der Waals surface area contributed by atoms with E-state index in [9.17, 15) is 4.79 Å². The first kappa shape index (κ1) is 19.0. The molecule has 0 radical (unpaired) electrons. The number of carbonyl (C=O) groups is 1. The molecule has 3 atom stereocenters. The molecule has 0 saturated heterocycles. The molecule has 0 aromatic heterocycles. The number of rotatable bonds is 4. The maximum Gasteiger partial charge on any atom is 0.311 e. The van der Waals surface area contributed by atoms with E-state index in [4.69, 9.17) is 9.47 Å². The van der Waals surface area contributed by atoms with Crippen LogP contribution in [-0.4, -0.2) is 13.1 Å². The lowest BCUT2D eigenvalue weighted by molar-refractivity contribution is -0.161. The maximum absolute atomic E-state index is 12.7. The number of ether oxygens (including phenoxy) is 2.